The molecule has 1 atom stereocenters. The minimum Gasteiger partial charge on any atom is -0.550 e. The summed E-state index contributed by atoms with van der Waals surface area (Å²) in [6, 6.07) is 0. The molecule has 33 heavy (non-hydrogen) atoms. The second-order valence-electron chi connectivity index (χ2n) is 5.26. The molecule has 0 bridgehead atoms. The summed E-state index contributed by atoms with van der Waals surface area (Å²) in [5.41, 5.74) is -14.5. The Morgan fingerprint density at radius 2 is 0.758 bits per heavy atom. The first-order chi connectivity index (χ1) is 11.7. The van der Waals surface area contributed by atoms with E-state index in [1.54, 1.807) is 0 Å². The van der Waals surface area contributed by atoms with E-state index in [9.17, 15) is 69.3 Å². The van der Waals surface area contributed by atoms with E-state index in [4.69, 9.17) is 0 Å². The zero-order valence-electron chi connectivity index (χ0n) is 19.0. The molecule has 1 saturated carbocycles. The van der Waals surface area contributed by atoms with E-state index in [-0.39, 0.29) is 207 Å². The molecule has 0 amide bonds. The van der Waals surface area contributed by atoms with Crippen molar-refractivity contribution in [1.82, 2.24) is 0 Å². The van der Waals surface area contributed by atoms with E-state index in [0.717, 1.165) is 0 Å². The van der Waals surface area contributed by atoms with Crippen LogP contribution in [0.3, 0.4) is 0 Å². The van der Waals surface area contributed by atoms with Crippen molar-refractivity contribution in [1.29, 1.82) is 0 Å². The zero-order chi connectivity index (χ0) is 20.8. The van der Waals surface area contributed by atoms with Crippen LogP contribution in [0.15, 0.2) is 0 Å². The van der Waals surface area contributed by atoms with Crippen molar-refractivity contribution in [2.75, 3.05) is 0 Å². The third-order valence-electron chi connectivity index (χ3n) is 4.50. The van der Waals surface area contributed by atoms with Crippen molar-refractivity contribution in [3.8, 4) is 0 Å². The fraction of sp³-hybridized carbons (Fsp3) is 0.417. The number of carbonyl (C=O) groups excluding carboxylic acids is 7. The average molecular weight is 532 g/mol. The Kier molecular flexibility index (Phi) is 30.9. The number of carboxylic acid groups (broad SMARTS) is 7. The molecule has 0 aromatic heterocycles. The molecule has 142 valence electrons. The van der Waals surface area contributed by atoms with Gasteiger partial charge in [-0.1, -0.05) is 0 Å². The molecule has 0 aliphatic heterocycles. The first-order valence-electron chi connectivity index (χ1n) is 6.20. The van der Waals surface area contributed by atoms with Crippen LogP contribution in [-0.2, 0) is 33.6 Å². The molecule has 1 unspecified atom stereocenters. The molecule has 0 spiro atoms. The van der Waals surface area contributed by atoms with E-state index in [1.807, 2.05) is 0 Å². The van der Waals surface area contributed by atoms with Crippen LogP contribution < -0.4 is 243 Å². The molecular weight excluding hydrogens is 529 g/mol. The number of rotatable bonds is 7. The van der Waals surface area contributed by atoms with Gasteiger partial charge in [-0.25, -0.2) is 0 Å². The van der Waals surface area contributed by atoms with Crippen molar-refractivity contribution >= 4 is 41.8 Å². The maximum atomic E-state index is 11.5. The number of carbonyl (C=O) groups is 7. The average Bonchev–Trinajstić information content (AvgIpc) is 2.77. The van der Waals surface area contributed by atoms with E-state index < -0.39 is 70.4 Å². The minimum atomic E-state index is -5.10. The smallest absolute Gasteiger partial charge is 0.550 e. The summed E-state index contributed by atoms with van der Waals surface area (Å²) in [5, 5.41) is 79.6. The van der Waals surface area contributed by atoms with Gasteiger partial charge in [0.1, 0.15) is 0 Å². The van der Waals surface area contributed by atoms with Crippen molar-refractivity contribution in [2.45, 2.75) is 6.42 Å². The second-order valence-corrected chi connectivity index (χ2v) is 5.26. The van der Waals surface area contributed by atoms with Gasteiger partial charge in [0.15, 0.2) is 0 Å². The standard InChI is InChI=1S/C12H10O14.7Na/c13-3(14)2-1-10(4(15)16,5(17)18)12(8(23)24,9(25)26)11(2,6(19)20)7(21)22;;;;;;;/h2H,1H2,(H,13,14)(H,15,16)(H,17,18)(H,19,20)(H,21,22)(H,23,24)(H,25,26);;;;;;;/q;7*+1/p-7. The molecular formula is C12H3Na7O14. The molecule has 1 aliphatic rings. The molecule has 0 heterocycles. The van der Waals surface area contributed by atoms with Crippen LogP contribution in [0.25, 0.3) is 0 Å². The largest absolute Gasteiger partial charge is 1.00 e. The van der Waals surface area contributed by atoms with Crippen molar-refractivity contribution in [3.63, 3.8) is 0 Å². The quantitative estimate of drug-likeness (QED) is 0.217. The molecule has 1 aliphatic carbocycles. The maximum Gasteiger partial charge on any atom is 1.00 e. The van der Waals surface area contributed by atoms with Gasteiger partial charge >= 0.3 is 207 Å². The molecule has 0 saturated heterocycles. The van der Waals surface area contributed by atoms with Gasteiger partial charge in [-0.3, -0.25) is 0 Å². The van der Waals surface area contributed by atoms with E-state index in [0.29, 0.717) is 0 Å². The zero-order valence-corrected chi connectivity index (χ0v) is 33.0. The van der Waals surface area contributed by atoms with E-state index >= 15 is 0 Å². The van der Waals surface area contributed by atoms with Gasteiger partial charge in [-0.05, 0) is 6.42 Å². The second kappa shape index (κ2) is 19.4. The number of aliphatic carboxylic acids is 7. The fourth-order valence-corrected chi connectivity index (χ4v) is 3.45. The SMILES string of the molecule is O=C([O-])C1CC(C(=O)[O-])(C(=O)[O-])C(C(=O)[O-])(C(=O)[O-])C1(C(=O)[O-])C(=O)[O-].[Na+].[Na+].[Na+].[Na+].[Na+].[Na+].[Na+]. The van der Waals surface area contributed by atoms with Gasteiger partial charge in [0, 0.05) is 11.9 Å². The molecule has 0 radical (unpaired) electrons. The minimum absolute atomic E-state index is 0. The van der Waals surface area contributed by atoms with E-state index in [1.165, 1.54) is 0 Å². The van der Waals surface area contributed by atoms with Crippen LogP contribution in [0.5, 0.6) is 0 Å². The summed E-state index contributed by atoms with van der Waals surface area (Å²) in [5.74, 6) is -26.1. The van der Waals surface area contributed by atoms with Gasteiger partial charge in [0.05, 0.1) is 52.1 Å². The Labute approximate surface area is 339 Å². The van der Waals surface area contributed by atoms with E-state index in [2.05, 4.69) is 0 Å². The van der Waals surface area contributed by atoms with Gasteiger partial charge in [0.2, 0.25) is 0 Å². The third-order valence-corrected chi connectivity index (χ3v) is 4.50. The Morgan fingerprint density at radius 1 is 0.485 bits per heavy atom. The van der Waals surface area contributed by atoms with Crippen LogP contribution >= 0.6 is 0 Å². The maximum absolute atomic E-state index is 11.5. The van der Waals surface area contributed by atoms with Crippen LogP contribution in [0.4, 0.5) is 0 Å². The number of hydrogen-bond donors (Lipinski definition) is 0. The topological polar surface area (TPSA) is 281 Å². The number of hydrogen-bond acceptors (Lipinski definition) is 14. The Balaban J connectivity index is -0.000000193. The van der Waals surface area contributed by atoms with Gasteiger partial charge in [-0.2, -0.15) is 0 Å². The summed E-state index contributed by atoms with van der Waals surface area (Å²) in [4.78, 5) is 79.6. The molecule has 0 N–H and O–H groups in total. The molecule has 14 nitrogen and oxygen atoms in total. The van der Waals surface area contributed by atoms with Crippen LogP contribution in [-0.4, -0.2) is 41.8 Å². The summed E-state index contributed by atoms with van der Waals surface area (Å²) in [6.45, 7) is 0. The summed E-state index contributed by atoms with van der Waals surface area (Å²) < 4.78 is 0. The van der Waals surface area contributed by atoms with Crippen LogP contribution in [0.1, 0.15) is 6.42 Å². The van der Waals surface area contributed by atoms with Gasteiger partial charge in [0.25, 0.3) is 0 Å². The van der Waals surface area contributed by atoms with Crippen LogP contribution in [0, 0.1) is 22.2 Å². The Hall–Kier alpha value is 3.29. The molecule has 21 heteroatoms. The molecule has 0 aromatic carbocycles. The fourth-order valence-electron chi connectivity index (χ4n) is 3.45. The van der Waals surface area contributed by atoms with Crippen molar-refractivity contribution in [2.24, 2.45) is 22.2 Å². The predicted octanol–water partition coefficient (Wildman–Crippen LogP) is -32.8. The first-order valence-corrected chi connectivity index (χ1v) is 6.20. The molecule has 1 fully saturated rings. The molecule has 1 rings (SSSR count). The normalized spacial score (nSPS) is 17.4. The van der Waals surface area contributed by atoms with Gasteiger partial charge < -0.3 is 69.3 Å². The monoisotopic (exact) mass is 532 g/mol. The molecule has 0 aromatic rings. The van der Waals surface area contributed by atoms with Crippen LogP contribution in [0.2, 0.25) is 0 Å². The Morgan fingerprint density at radius 3 is 0.909 bits per heavy atom. The summed E-state index contributed by atoms with van der Waals surface area (Å²) in [6.07, 6.45) is -2.26. The predicted molar refractivity (Wildman–Crippen MR) is 50.5 cm³/mol. The number of carboxylic acids is 7. The van der Waals surface area contributed by atoms with Crippen molar-refractivity contribution < 1.29 is 276 Å². The first kappa shape index (κ1) is 52.7. The van der Waals surface area contributed by atoms with Crippen molar-refractivity contribution in [3.05, 3.63) is 0 Å². The Bertz CT molecular complexity index is 742. The summed E-state index contributed by atoms with van der Waals surface area (Å²) in [7, 11) is 0. The van der Waals surface area contributed by atoms with Gasteiger partial charge in [-0.15, -0.1) is 0 Å². The summed E-state index contributed by atoms with van der Waals surface area (Å²) >= 11 is 0. The third kappa shape index (κ3) is 7.48.